The smallest absolute Gasteiger partial charge is 0.246 e. The normalized spacial score (nSPS) is 15.7. The quantitative estimate of drug-likeness (QED) is 0.629. The molecule has 1 aliphatic heterocycles. The number of carbonyl (C=O) groups excluding carboxylic acids is 1. The van der Waals surface area contributed by atoms with Crippen molar-refractivity contribution in [2.24, 2.45) is 12.0 Å². The van der Waals surface area contributed by atoms with Gasteiger partial charge in [0.1, 0.15) is 11.6 Å². The van der Waals surface area contributed by atoms with E-state index in [4.69, 9.17) is 0 Å². The summed E-state index contributed by atoms with van der Waals surface area (Å²) in [6, 6.07) is 0. The van der Waals surface area contributed by atoms with Gasteiger partial charge in [-0.3, -0.25) is 9.48 Å². The molecular formula is C17H25N7OS. The lowest BCUT2D eigenvalue weighted by Crippen LogP contribution is -2.55. The molecule has 0 radical (unpaired) electrons. The Morgan fingerprint density at radius 2 is 2.19 bits per heavy atom. The van der Waals surface area contributed by atoms with Crippen molar-refractivity contribution in [3.63, 3.8) is 0 Å². The van der Waals surface area contributed by atoms with Crippen molar-refractivity contribution in [2.75, 3.05) is 31.1 Å². The van der Waals surface area contributed by atoms with Gasteiger partial charge in [0.25, 0.3) is 0 Å². The number of guanidine groups is 1. The van der Waals surface area contributed by atoms with E-state index in [-0.39, 0.29) is 5.91 Å². The average Bonchev–Trinajstić information content (AvgIpc) is 3.27. The number of aryl methyl sites for hydroxylation is 2. The zero-order valence-electron chi connectivity index (χ0n) is 15.5. The van der Waals surface area contributed by atoms with Crippen molar-refractivity contribution in [3.8, 4) is 0 Å². The van der Waals surface area contributed by atoms with Crippen LogP contribution in [0.15, 0.2) is 23.6 Å². The molecule has 3 heterocycles. The minimum Gasteiger partial charge on any atom is -0.356 e. The van der Waals surface area contributed by atoms with E-state index < -0.39 is 0 Å². The fraction of sp³-hybridized carbons (Fsp3) is 0.529. The second kappa shape index (κ2) is 8.31. The largest absolute Gasteiger partial charge is 0.356 e. The molecule has 0 aromatic carbocycles. The number of amides is 1. The third-order valence-electron chi connectivity index (χ3n) is 4.17. The molecule has 3 rings (SSSR count). The van der Waals surface area contributed by atoms with E-state index in [1.54, 1.807) is 27.1 Å². The number of rotatable bonds is 5. The Kier molecular flexibility index (Phi) is 5.87. The maximum absolute atomic E-state index is 12.6. The number of aromatic nitrogens is 3. The van der Waals surface area contributed by atoms with Crippen LogP contribution in [0.25, 0.3) is 0 Å². The Morgan fingerprint density at radius 3 is 2.81 bits per heavy atom. The van der Waals surface area contributed by atoms with Crippen LogP contribution in [-0.2, 0) is 24.8 Å². The fourth-order valence-electron chi connectivity index (χ4n) is 2.83. The molecule has 0 saturated carbocycles. The number of hydrogen-bond acceptors (Lipinski definition) is 5. The molecule has 140 valence electrons. The Hall–Kier alpha value is -2.42. The summed E-state index contributed by atoms with van der Waals surface area (Å²) in [6.45, 7) is 7.09. The highest BCUT2D eigenvalue weighted by atomic mass is 32.1. The van der Waals surface area contributed by atoms with Crippen molar-refractivity contribution in [1.29, 1.82) is 0 Å². The number of piperazine rings is 1. The van der Waals surface area contributed by atoms with Crippen LogP contribution in [0.5, 0.6) is 0 Å². The first-order valence-corrected chi connectivity index (χ1v) is 9.68. The summed E-state index contributed by atoms with van der Waals surface area (Å²) >= 11 is 1.69. The molecule has 0 spiro atoms. The van der Waals surface area contributed by atoms with Gasteiger partial charge in [-0.2, -0.15) is 5.10 Å². The molecule has 0 aliphatic carbocycles. The van der Waals surface area contributed by atoms with Crippen LogP contribution in [0.1, 0.15) is 23.7 Å². The maximum Gasteiger partial charge on any atom is 0.246 e. The minimum atomic E-state index is 0.0531. The van der Waals surface area contributed by atoms with Crippen molar-refractivity contribution < 1.29 is 4.79 Å². The van der Waals surface area contributed by atoms with Gasteiger partial charge >= 0.3 is 0 Å². The zero-order chi connectivity index (χ0) is 18.5. The van der Waals surface area contributed by atoms with Gasteiger partial charge < -0.3 is 15.1 Å². The molecule has 1 aliphatic rings. The number of anilines is 1. The molecular weight excluding hydrogens is 350 g/mol. The molecule has 26 heavy (non-hydrogen) atoms. The molecule has 0 bridgehead atoms. The highest BCUT2D eigenvalue weighted by Gasteiger charge is 2.27. The van der Waals surface area contributed by atoms with Gasteiger partial charge in [-0.1, -0.05) is 6.92 Å². The van der Waals surface area contributed by atoms with Gasteiger partial charge in [0.05, 0.1) is 18.4 Å². The average molecular weight is 376 g/mol. The Bertz CT molecular complexity index is 782. The lowest BCUT2D eigenvalue weighted by atomic mass is 10.3. The van der Waals surface area contributed by atoms with Gasteiger partial charge in [-0.15, -0.1) is 11.3 Å². The zero-order valence-corrected chi connectivity index (χ0v) is 16.3. The van der Waals surface area contributed by atoms with E-state index in [0.717, 1.165) is 36.2 Å². The second-order valence-electron chi connectivity index (χ2n) is 6.08. The fourth-order valence-corrected chi connectivity index (χ4v) is 3.61. The number of nitrogens with one attached hydrogen (secondary N) is 1. The topological polar surface area (TPSA) is 78.7 Å². The van der Waals surface area contributed by atoms with Crippen LogP contribution in [-0.4, -0.2) is 57.7 Å². The Labute approximate surface area is 157 Å². The highest BCUT2D eigenvalue weighted by Crippen LogP contribution is 2.17. The van der Waals surface area contributed by atoms with Gasteiger partial charge in [0.2, 0.25) is 5.91 Å². The third-order valence-corrected chi connectivity index (χ3v) is 5.30. The molecule has 9 heteroatoms. The van der Waals surface area contributed by atoms with Gasteiger partial charge in [0, 0.05) is 44.0 Å². The van der Waals surface area contributed by atoms with Crippen LogP contribution < -0.4 is 10.2 Å². The molecule has 1 fully saturated rings. The standard InChI is InChI=1S/C17H25N7OS/c1-4-14-9-19-15(26-14)10-20-17(18-5-2)23-6-7-24(16(25)12-23)13-8-21-22(3)11-13/h8-9,11H,4-7,10,12H2,1-3H3,(H,18,20). The third kappa shape index (κ3) is 4.21. The lowest BCUT2D eigenvalue weighted by molar-refractivity contribution is -0.120. The lowest BCUT2D eigenvalue weighted by Gasteiger charge is -2.35. The van der Waals surface area contributed by atoms with E-state index in [0.29, 0.717) is 19.6 Å². The van der Waals surface area contributed by atoms with E-state index in [2.05, 4.69) is 27.3 Å². The van der Waals surface area contributed by atoms with Gasteiger partial charge in [0.15, 0.2) is 5.96 Å². The number of aliphatic imine (C=N–C) groups is 1. The predicted molar refractivity (Wildman–Crippen MR) is 103 cm³/mol. The summed E-state index contributed by atoms with van der Waals surface area (Å²) in [5.74, 6) is 0.817. The minimum absolute atomic E-state index is 0.0531. The molecule has 8 nitrogen and oxygen atoms in total. The number of carbonyl (C=O) groups is 1. The van der Waals surface area contributed by atoms with E-state index in [1.165, 1.54) is 4.88 Å². The van der Waals surface area contributed by atoms with Crippen LogP contribution in [0.3, 0.4) is 0 Å². The summed E-state index contributed by atoms with van der Waals surface area (Å²) in [4.78, 5) is 26.7. The second-order valence-corrected chi connectivity index (χ2v) is 7.28. The molecule has 1 N–H and O–H groups in total. The van der Waals surface area contributed by atoms with Gasteiger partial charge in [-0.25, -0.2) is 9.98 Å². The first-order chi connectivity index (χ1) is 12.6. The van der Waals surface area contributed by atoms with Crippen molar-refractivity contribution in [1.82, 2.24) is 25.0 Å². The number of thiazole rings is 1. The monoisotopic (exact) mass is 375 g/mol. The molecule has 2 aromatic rings. The van der Waals surface area contributed by atoms with Gasteiger partial charge in [-0.05, 0) is 13.3 Å². The van der Waals surface area contributed by atoms with E-state index in [9.17, 15) is 4.79 Å². The predicted octanol–water partition coefficient (Wildman–Crippen LogP) is 1.25. The molecule has 2 aromatic heterocycles. The van der Waals surface area contributed by atoms with Crippen LogP contribution in [0, 0.1) is 0 Å². The SMILES string of the molecule is CCNC(=NCc1ncc(CC)s1)N1CCN(c2cnn(C)c2)C(=O)C1. The van der Waals surface area contributed by atoms with Crippen LogP contribution in [0.2, 0.25) is 0 Å². The summed E-state index contributed by atoms with van der Waals surface area (Å²) < 4.78 is 1.71. The van der Waals surface area contributed by atoms with E-state index >= 15 is 0 Å². The number of hydrogen-bond donors (Lipinski definition) is 1. The molecule has 0 unspecified atom stereocenters. The van der Waals surface area contributed by atoms with Crippen molar-refractivity contribution in [2.45, 2.75) is 26.8 Å². The summed E-state index contributed by atoms with van der Waals surface area (Å²) in [5.41, 5.74) is 0.842. The maximum atomic E-state index is 12.6. The molecule has 0 atom stereocenters. The van der Waals surface area contributed by atoms with Crippen LogP contribution >= 0.6 is 11.3 Å². The van der Waals surface area contributed by atoms with Crippen LogP contribution in [0.4, 0.5) is 5.69 Å². The summed E-state index contributed by atoms with van der Waals surface area (Å²) in [7, 11) is 1.85. The number of nitrogens with zero attached hydrogens (tertiary/aromatic N) is 6. The first-order valence-electron chi connectivity index (χ1n) is 8.86. The first kappa shape index (κ1) is 18.4. The Balaban J connectivity index is 1.66. The molecule has 1 amide bonds. The van der Waals surface area contributed by atoms with Crippen molar-refractivity contribution >= 4 is 28.9 Å². The molecule has 1 saturated heterocycles. The summed E-state index contributed by atoms with van der Waals surface area (Å²) in [6.07, 6.45) is 6.49. The van der Waals surface area contributed by atoms with E-state index in [1.807, 2.05) is 31.3 Å². The highest BCUT2D eigenvalue weighted by molar-refractivity contribution is 7.11. The Morgan fingerprint density at radius 1 is 1.35 bits per heavy atom. The summed E-state index contributed by atoms with van der Waals surface area (Å²) in [5, 5.41) is 8.44. The van der Waals surface area contributed by atoms with Crippen molar-refractivity contribution in [3.05, 3.63) is 28.5 Å².